The van der Waals surface area contributed by atoms with E-state index in [2.05, 4.69) is 29.6 Å². The fourth-order valence-electron chi connectivity index (χ4n) is 4.52. The van der Waals surface area contributed by atoms with Gasteiger partial charge < -0.3 is 20.1 Å². The predicted octanol–water partition coefficient (Wildman–Crippen LogP) is 3.55. The Morgan fingerprint density at radius 3 is 2.34 bits per heavy atom. The van der Waals surface area contributed by atoms with Crippen molar-refractivity contribution in [3.05, 3.63) is 71.3 Å². The molecular formula is C25H26N2O5. The smallest absolute Gasteiger partial charge is 0.407 e. The molecule has 7 heteroatoms. The van der Waals surface area contributed by atoms with Gasteiger partial charge >= 0.3 is 12.1 Å². The van der Waals surface area contributed by atoms with Gasteiger partial charge in [-0.3, -0.25) is 4.79 Å². The first-order valence-electron chi connectivity index (χ1n) is 10.8. The van der Waals surface area contributed by atoms with Crippen LogP contribution in [0.3, 0.4) is 0 Å². The molecule has 166 valence electrons. The summed E-state index contributed by atoms with van der Waals surface area (Å²) in [7, 11) is 0. The number of carbonyl (C=O) groups excluding carboxylic acids is 2. The summed E-state index contributed by atoms with van der Waals surface area (Å²) >= 11 is 0. The summed E-state index contributed by atoms with van der Waals surface area (Å²) < 4.78 is 5.48. The Labute approximate surface area is 186 Å². The van der Waals surface area contributed by atoms with Crippen molar-refractivity contribution in [2.45, 2.75) is 31.7 Å². The SMILES string of the molecule is C/C(=C\CNC(=O)OCC1c2ccccc2-c2ccccc21)C(=O)N1CCC[C@H]1C(=O)O. The average Bonchev–Trinajstić information content (AvgIpc) is 3.41. The number of rotatable bonds is 6. The van der Waals surface area contributed by atoms with E-state index in [1.807, 2.05) is 24.3 Å². The van der Waals surface area contributed by atoms with E-state index in [4.69, 9.17) is 4.74 Å². The lowest BCUT2D eigenvalue weighted by molar-refractivity contribution is -0.146. The number of nitrogens with zero attached hydrogens (tertiary/aromatic N) is 1. The highest BCUT2D eigenvalue weighted by molar-refractivity contribution is 5.95. The first kappa shape index (κ1) is 21.6. The molecule has 2 N–H and O–H groups in total. The van der Waals surface area contributed by atoms with Crippen LogP contribution < -0.4 is 5.32 Å². The fourth-order valence-corrected chi connectivity index (χ4v) is 4.52. The molecule has 32 heavy (non-hydrogen) atoms. The number of carbonyl (C=O) groups is 3. The minimum atomic E-state index is -0.986. The van der Waals surface area contributed by atoms with Gasteiger partial charge in [0.2, 0.25) is 5.91 Å². The maximum Gasteiger partial charge on any atom is 0.407 e. The zero-order chi connectivity index (χ0) is 22.7. The zero-order valence-corrected chi connectivity index (χ0v) is 17.9. The maximum absolute atomic E-state index is 12.5. The van der Waals surface area contributed by atoms with Crippen LogP contribution in [-0.2, 0) is 14.3 Å². The van der Waals surface area contributed by atoms with Gasteiger partial charge in [-0.2, -0.15) is 0 Å². The number of ether oxygens (including phenoxy) is 1. The molecule has 1 fully saturated rings. The van der Waals surface area contributed by atoms with Crippen LogP contribution in [0.25, 0.3) is 11.1 Å². The molecule has 0 radical (unpaired) electrons. The highest BCUT2D eigenvalue weighted by Crippen LogP contribution is 2.44. The maximum atomic E-state index is 12.5. The number of likely N-dealkylation sites (tertiary alicyclic amines) is 1. The molecule has 1 aliphatic carbocycles. The number of benzene rings is 2. The van der Waals surface area contributed by atoms with Gasteiger partial charge in [-0.25, -0.2) is 9.59 Å². The molecule has 0 bridgehead atoms. The summed E-state index contributed by atoms with van der Waals surface area (Å²) in [4.78, 5) is 37.4. The molecule has 0 unspecified atom stereocenters. The van der Waals surface area contributed by atoms with E-state index in [-0.39, 0.29) is 25.0 Å². The Hall–Kier alpha value is -3.61. The molecule has 2 amide bonds. The van der Waals surface area contributed by atoms with Gasteiger partial charge in [0, 0.05) is 24.6 Å². The summed E-state index contributed by atoms with van der Waals surface area (Å²) in [5.41, 5.74) is 5.01. The lowest BCUT2D eigenvalue weighted by Crippen LogP contribution is -2.41. The number of nitrogens with one attached hydrogen (secondary N) is 1. The van der Waals surface area contributed by atoms with E-state index >= 15 is 0 Å². The molecule has 2 aliphatic rings. The van der Waals surface area contributed by atoms with Gasteiger partial charge in [0.25, 0.3) is 0 Å². The van der Waals surface area contributed by atoms with E-state index in [1.54, 1.807) is 13.0 Å². The van der Waals surface area contributed by atoms with Crippen LogP contribution in [0.4, 0.5) is 4.79 Å². The molecule has 1 heterocycles. The van der Waals surface area contributed by atoms with Crippen molar-refractivity contribution in [3.8, 4) is 11.1 Å². The van der Waals surface area contributed by atoms with E-state index in [9.17, 15) is 19.5 Å². The average molecular weight is 434 g/mol. The fraction of sp³-hybridized carbons (Fsp3) is 0.320. The summed E-state index contributed by atoms with van der Waals surface area (Å²) in [5, 5.41) is 11.9. The van der Waals surface area contributed by atoms with Crippen molar-refractivity contribution in [2.75, 3.05) is 19.7 Å². The van der Waals surface area contributed by atoms with Gasteiger partial charge in [-0.1, -0.05) is 54.6 Å². The van der Waals surface area contributed by atoms with Gasteiger partial charge in [-0.05, 0) is 42.0 Å². The van der Waals surface area contributed by atoms with Crippen molar-refractivity contribution in [1.29, 1.82) is 0 Å². The molecule has 7 nitrogen and oxygen atoms in total. The van der Waals surface area contributed by atoms with E-state index in [0.717, 1.165) is 22.3 Å². The zero-order valence-electron chi connectivity index (χ0n) is 17.9. The number of hydrogen-bond donors (Lipinski definition) is 2. The van der Waals surface area contributed by atoms with Crippen LogP contribution in [0, 0.1) is 0 Å². The second kappa shape index (κ2) is 9.26. The summed E-state index contributed by atoms with van der Waals surface area (Å²) in [5.74, 6) is -1.32. The van der Waals surface area contributed by atoms with Crippen molar-refractivity contribution in [2.24, 2.45) is 0 Å². The molecular weight excluding hydrogens is 408 g/mol. The molecule has 0 aromatic heterocycles. The van der Waals surface area contributed by atoms with Crippen LogP contribution in [0.2, 0.25) is 0 Å². The number of carboxylic acid groups (broad SMARTS) is 1. The minimum Gasteiger partial charge on any atom is -0.480 e. The van der Waals surface area contributed by atoms with Crippen LogP contribution >= 0.6 is 0 Å². The molecule has 1 saturated heterocycles. The third-order valence-corrected chi connectivity index (χ3v) is 6.13. The van der Waals surface area contributed by atoms with Crippen molar-refractivity contribution < 1.29 is 24.2 Å². The monoisotopic (exact) mass is 434 g/mol. The minimum absolute atomic E-state index is 0.0184. The van der Waals surface area contributed by atoms with E-state index < -0.39 is 18.1 Å². The molecule has 0 spiro atoms. The second-order valence-electron chi connectivity index (χ2n) is 8.09. The largest absolute Gasteiger partial charge is 0.480 e. The highest BCUT2D eigenvalue weighted by atomic mass is 16.5. The lowest BCUT2D eigenvalue weighted by atomic mass is 9.98. The summed E-state index contributed by atoms with van der Waals surface area (Å²) in [6.45, 7) is 2.40. The van der Waals surface area contributed by atoms with Gasteiger partial charge in [-0.15, -0.1) is 0 Å². The number of alkyl carbamates (subject to hydrolysis) is 1. The molecule has 1 atom stereocenters. The second-order valence-corrected chi connectivity index (χ2v) is 8.09. The van der Waals surface area contributed by atoms with Gasteiger partial charge in [0.15, 0.2) is 0 Å². The van der Waals surface area contributed by atoms with Crippen molar-refractivity contribution in [3.63, 3.8) is 0 Å². The Kier molecular flexibility index (Phi) is 6.25. The Morgan fingerprint density at radius 2 is 1.72 bits per heavy atom. The molecule has 2 aromatic carbocycles. The van der Waals surface area contributed by atoms with Crippen molar-refractivity contribution >= 4 is 18.0 Å². The topological polar surface area (TPSA) is 95.9 Å². The molecule has 0 saturated carbocycles. The van der Waals surface area contributed by atoms with Crippen LogP contribution in [0.15, 0.2) is 60.2 Å². The first-order chi connectivity index (χ1) is 15.5. The highest BCUT2D eigenvalue weighted by Gasteiger charge is 2.34. The van der Waals surface area contributed by atoms with Crippen LogP contribution in [-0.4, -0.2) is 53.7 Å². The normalized spacial score (nSPS) is 17.6. The van der Waals surface area contributed by atoms with Gasteiger partial charge in [0.1, 0.15) is 12.6 Å². The number of carboxylic acids is 1. The molecule has 2 aromatic rings. The predicted molar refractivity (Wildman–Crippen MR) is 119 cm³/mol. The Bertz CT molecular complexity index is 1030. The van der Waals surface area contributed by atoms with Crippen LogP contribution in [0.5, 0.6) is 0 Å². The summed E-state index contributed by atoms with van der Waals surface area (Å²) in [6.07, 6.45) is 2.16. The number of fused-ring (bicyclic) bond motifs is 3. The van der Waals surface area contributed by atoms with E-state index in [1.165, 1.54) is 4.90 Å². The van der Waals surface area contributed by atoms with Crippen molar-refractivity contribution in [1.82, 2.24) is 10.2 Å². The standard InChI is InChI=1S/C25H26N2O5/c1-16(23(28)27-14-6-11-22(27)24(29)30)12-13-26-25(31)32-15-21-19-9-4-2-7-17(19)18-8-3-5-10-20(18)21/h2-5,7-10,12,21-22H,6,11,13-15H2,1H3,(H,26,31)(H,29,30)/b16-12+/t22-/m0/s1. The third kappa shape index (κ3) is 4.23. The third-order valence-electron chi connectivity index (χ3n) is 6.13. The molecule has 4 rings (SSSR count). The number of hydrogen-bond acceptors (Lipinski definition) is 4. The van der Waals surface area contributed by atoms with Crippen LogP contribution in [0.1, 0.15) is 36.8 Å². The quantitative estimate of drug-likeness (QED) is 0.678. The lowest BCUT2D eigenvalue weighted by Gasteiger charge is -2.21. The Morgan fingerprint density at radius 1 is 1.09 bits per heavy atom. The van der Waals surface area contributed by atoms with Gasteiger partial charge in [0.05, 0.1) is 0 Å². The van der Waals surface area contributed by atoms with E-state index in [0.29, 0.717) is 25.0 Å². The summed E-state index contributed by atoms with van der Waals surface area (Å²) in [6, 6.07) is 15.5. The first-order valence-corrected chi connectivity index (χ1v) is 10.8. The number of aliphatic carboxylic acids is 1. The number of amides is 2. The molecule has 1 aliphatic heterocycles. The Balaban J connectivity index is 1.31.